The van der Waals surface area contributed by atoms with Crippen LogP contribution >= 0.6 is 24.0 Å². The maximum Gasteiger partial charge on any atom is 0.171 e. The van der Waals surface area contributed by atoms with Crippen molar-refractivity contribution in [1.29, 1.82) is 0 Å². The second kappa shape index (κ2) is 5.71. The van der Waals surface area contributed by atoms with Crippen LogP contribution in [0.3, 0.4) is 0 Å². The molecule has 3 atom stereocenters. The predicted molar refractivity (Wildman–Crippen MR) is 86.8 cm³/mol. The molecule has 0 saturated heterocycles. The van der Waals surface area contributed by atoms with Crippen LogP contribution in [0.4, 0.5) is 5.69 Å². The highest BCUT2D eigenvalue weighted by atomic mass is 32.2. The highest BCUT2D eigenvalue weighted by molar-refractivity contribution is 7.98. The van der Waals surface area contributed by atoms with Gasteiger partial charge in [-0.1, -0.05) is 12.5 Å². The van der Waals surface area contributed by atoms with Crippen LogP contribution in [0, 0.1) is 11.8 Å². The van der Waals surface area contributed by atoms with Crippen LogP contribution in [0.25, 0.3) is 0 Å². The molecule has 0 heterocycles. The Morgan fingerprint density at radius 2 is 2.21 bits per heavy atom. The molecule has 2 nitrogen and oxygen atoms in total. The first kappa shape index (κ1) is 13.3. The summed E-state index contributed by atoms with van der Waals surface area (Å²) in [5.41, 5.74) is 1.08. The standard InChI is InChI=1S/C15H20N2S2/c1-19-13-4-2-3-12(9-13)16-15(18)17-14-8-10-5-6-11(14)7-10/h2-4,9-11,14H,5-8H2,1H3,(H2,16,17,18)/t10-,11+,14-/m0/s1. The molecule has 2 saturated carbocycles. The Bertz CT molecular complexity index is 475. The minimum Gasteiger partial charge on any atom is -0.359 e. The molecule has 1 aromatic rings. The van der Waals surface area contributed by atoms with E-state index in [4.69, 9.17) is 12.2 Å². The largest absolute Gasteiger partial charge is 0.359 e. The smallest absolute Gasteiger partial charge is 0.171 e. The molecule has 2 fully saturated rings. The summed E-state index contributed by atoms with van der Waals surface area (Å²) < 4.78 is 0. The summed E-state index contributed by atoms with van der Waals surface area (Å²) in [7, 11) is 0. The van der Waals surface area contributed by atoms with Gasteiger partial charge in [0.05, 0.1) is 0 Å². The Kier molecular flexibility index (Phi) is 3.99. The SMILES string of the molecule is CSc1cccc(NC(=S)N[C@H]2C[C@H]3CC[C@@H]2C3)c1. The minimum atomic E-state index is 0.600. The van der Waals surface area contributed by atoms with Gasteiger partial charge in [-0.3, -0.25) is 0 Å². The summed E-state index contributed by atoms with van der Waals surface area (Å²) in [5, 5.41) is 7.59. The second-order valence-corrected chi connectivity index (χ2v) is 6.90. The summed E-state index contributed by atoms with van der Waals surface area (Å²) in [4.78, 5) is 1.26. The first-order chi connectivity index (χ1) is 9.24. The van der Waals surface area contributed by atoms with E-state index in [1.54, 1.807) is 11.8 Å². The van der Waals surface area contributed by atoms with Gasteiger partial charge >= 0.3 is 0 Å². The topological polar surface area (TPSA) is 24.1 Å². The number of fused-ring (bicyclic) bond motifs is 2. The fourth-order valence-electron chi connectivity index (χ4n) is 3.46. The molecular weight excluding hydrogens is 272 g/mol. The lowest BCUT2D eigenvalue weighted by molar-refractivity contribution is 0.392. The lowest BCUT2D eigenvalue weighted by atomic mass is 9.96. The van der Waals surface area contributed by atoms with Crippen LogP contribution < -0.4 is 10.6 Å². The molecule has 1 aromatic carbocycles. The van der Waals surface area contributed by atoms with E-state index in [9.17, 15) is 0 Å². The Hall–Kier alpha value is -0.740. The van der Waals surface area contributed by atoms with Crippen LogP contribution in [0.5, 0.6) is 0 Å². The van der Waals surface area contributed by atoms with E-state index in [0.717, 1.165) is 22.6 Å². The van der Waals surface area contributed by atoms with E-state index in [2.05, 4.69) is 41.2 Å². The number of thioether (sulfide) groups is 1. The Morgan fingerprint density at radius 1 is 1.32 bits per heavy atom. The van der Waals surface area contributed by atoms with E-state index >= 15 is 0 Å². The molecule has 0 aromatic heterocycles. The lowest BCUT2D eigenvalue weighted by Gasteiger charge is -2.24. The third-order valence-corrected chi connectivity index (χ3v) is 5.33. The number of anilines is 1. The molecule has 0 amide bonds. The first-order valence-corrected chi connectivity index (χ1v) is 8.59. The van der Waals surface area contributed by atoms with Gasteiger partial charge in [0.15, 0.2) is 5.11 Å². The van der Waals surface area contributed by atoms with Gasteiger partial charge in [-0.25, -0.2) is 0 Å². The number of hydrogen-bond donors (Lipinski definition) is 2. The van der Waals surface area contributed by atoms with Gasteiger partial charge in [0.25, 0.3) is 0 Å². The summed E-state index contributed by atoms with van der Waals surface area (Å²) in [6, 6.07) is 8.98. The van der Waals surface area contributed by atoms with Crippen molar-refractivity contribution in [3.8, 4) is 0 Å². The van der Waals surface area contributed by atoms with E-state index < -0.39 is 0 Å². The van der Waals surface area contributed by atoms with Crippen molar-refractivity contribution in [2.45, 2.75) is 36.6 Å². The van der Waals surface area contributed by atoms with Crippen LogP contribution in [-0.2, 0) is 0 Å². The molecule has 0 aliphatic heterocycles. The second-order valence-electron chi connectivity index (χ2n) is 5.61. The monoisotopic (exact) mass is 292 g/mol. The predicted octanol–water partition coefficient (Wildman–Crippen LogP) is 3.88. The molecule has 2 aliphatic rings. The van der Waals surface area contributed by atoms with E-state index in [1.807, 2.05) is 0 Å². The zero-order chi connectivity index (χ0) is 13.2. The molecule has 2 N–H and O–H groups in total. The summed E-state index contributed by atoms with van der Waals surface area (Å²) in [6.45, 7) is 0. The summed E-state index contributed by atoms with van der Waals surface area (Å²) in [6.07, 6.45) is 7.61. The summed E-state index contributed by atoms with van der Waals surface area (Å²) in [5.74, 6) is 1.80. The molecule has 2 aliphatic carbocycles. The van der Waals surface area contributed by atoms with Gasteiger partial charge in [-0.15, -0.1) is 11.8 Å². The van der Waals surface area contributed by atoms with Gasteiger partial charge < -0.3 is 10.6 Å². The van der Waals surface area contributed by atoms with Crippen molar-refractivity contribution in [1.82, 2.24) is 5.32 Å². The maximum atomic E-state index is 5.44. The molecule has 2 bridgehead atoms. The normalized spacial score (nSPS) is 28.4. The van der Waals surface area contributed by atoms with Crippen LogP contribution in [0.1, 0.15) is 25.7 Å². The van der Waals surface area contributed by atoms with Crippen LogP contribution in [0.2, 0.25) is 0 Å². The number of hydrogen-bond acceptors (Lipinski definition) is 2. The Balaban J connectivity index is 1.56. The molecule has 3 rings (SSSR count). The Labute approximate surface area is 124 Å². The quantitative estimate of drug-likeness (QED) is 0.652. The van der Waals surface area contributed by atoms with Gasteiger partial charge in [0.2, 0.25) is 0 Å². The van der Waals surface area contributed by atoms with Crippen molar-refractivity contribution >= 4 is 34.8 Å². The average molecular weight is 292 g/mol. The zero-order valence-electron chi connectivity index (χ0n) is 11.2. The summed E-state index contributed by atoms with van der Waals surface area (Å²) >= 11 is 7.19. The van der Waals surface area contributed by atoms with E-state index in [-0.39, 0.29) is 0 Å². The minimum absolute atomic E-state index is 0.600. The molecule has 102 valence electrons. The number of thiocarbonyl (C=S) groups is 1. The fourth-order valence-corrected chi connectivity index (χ4v) is 4.19. The zero-order valence-corrected chi connectivity index (χ0v) is 12.8. The number of benzene rings is 1. The van der Waals surface area contributed by atoms with Crippen LogP contribution in [0.15, 0.2) is 29.2 Å². The van der Waals surface area contributed by atoms with Gasteiger partial charge in [-0.2, -0.15) is 0 Å². The highest BCUT2D eigenvalue weighted by Crippen LogP contribution is 2.44. The van der Waals surface area contributed by atoms with Gasteiger partial charge in [-0.05, 0) is 67.8 Å². The molecule has 0 spiro atoms. The number of rotatable bonds is 3. The molecule has 4 heteroatoms. The molecule has 0 radical (unpaired) electrons. The molecule has 0 unspecified atom stereocenters. The third kappa shape index (κ3) is 3.06. The van der Waals surface area contributed by atoms with Crippen LogP contribution in [-0.4, -0.2) is 17.4 Å². The lowest BCUT2D eigenvalue weighted by Crippen LogP contribution is -2.40. The van der Waals surface area contributed by atoms with Crippen molar-refractivity contribution in [3.63, 3.8) is 0 Å². The van der Waals surface area contributed by atoms with Crippen molar-refractivity contribution in [3.05, 3.63) is 24.3 Å². The van der Waals surface area contributed by atoms with Gasteiger partial charge in [0.1, 0.15) is 0 Å². The average Bonchev–Trinajstić information content (AvgIpc) is 3.01. The van der Waals surface area contributed by atoms with Gasteiger partial charge in [0, 0.05) is 16.6 Å². The molecular formula is C15H20N2S2. The Morgan fingerprint density at radius 3 is 2.89 bits per heavy atom. The van der Waals surface area contributed by atoms with Crippen molar-refractivity contribution in [2.24, 2.45) is 11.8 Å². The molecule has 19 heavy (non-hydrogen) atoms. The van der Waals surface area contributed by atoms with Crippen molar-refractivity contribution in [2.75, 3.05) is 11.6 Å². The maximum absolute atomic E-state index is 5.44. The number of nitrogens with one attached hydrogen (secondary N) is 2. The first-order valence-electron chi connectivity index (χ1n) is 6.96. The van der Waals surface area contributed by atoms with E-state index in [1.165, 1.54) is 30.6 Å². The third-order valence-electron chi connectivity index (χ3n) is 4.38. The fraction of sp³-hybridized carbons (Fsp3) is 0.533. The van der Waals surface area contributed by atoms with E-state index in [0.29, 0.717) is 6.04 Å². The van der Waals surface area contributed by atoms with Crippen molar-refractivity contribution < 1.29 is 0 Å². The highest BCUT2D eigenvalue weighted by Gasteiger charge is 2.39.